The molecule has 0 atom stereocenters. The Labute approximate surface area is 128 Å². The van der Waals surface area contributed by atoms with Gasteiger partial charge in [-0.15, -0.1) is 0 Å². The van der Waals surface area contributed by atoms with E-state index in [2.05, 4.69) is 4.98 Å². The first kappa shape index (κ1) is 15.0. The van der Waals surface area contributed by atoms with Crippen molar-refractivity contribution in [1.82, 2.24) is 9.55 Å². The average molecular weight is 319 g/mol. The molecule has 0 aliphatic carbocycles. The van der Waals surface area contributed by atoms with Crippen LogP contribution in [0.2, 0.25) is 0 Å². The first-order valence-electron chi connectivity index (χ1n) is 6.80. The van der Waals surface area contributed by atoms with E-state index in [9.17, 15) is 4.57 Å². The number of hydrogen-bond donors (Lipinski definition) is 1. The van der Waals surface area contributed by atoms with E-state index in [4.69, 9.17) is 14.8 Å². The zero-order valence-electron chi connectivity index (χ0n) is 13.0. The second-order valence-corrected chi connectivity index (χ2v) is 7.27. The summed E-state index contributed by atoms with van der Waals surface area (Å²) < 4.78 is 25.0. The molecule has 0 aliphatic heterocycles. The molecule has 0 spiro atoms. The van der Waals surface area contributed by atoms with Crippen LogP contribution in [0.25, 0.3) is 21.9 Å². The Morgan fingerprint density at radius 3 is 2.50 bits per heavy atom. The lowest BCUT2D eigenvalue weighted by Gasteiger charge is -2.18. The minimum atomic E-state index is -3.48. The molecular weight excluding hydrogens is 301 g/mol. The monoisotopic (exact) mass is 319 g/mol. The van der Waals surface area contributed by atoms with Gasteiger partial charge in [-0.3, -0.25) is 4.57 Å². The van der Waals surface area contributed by atoms with E-state index in [0.29, 0.717) is 16.7 Å². The maximum absolute atomic E-state index is 12.8. The van der Waals surface area contributed by atoms with Crippen LogP contribution in [0.1, 0.15) is 5.69 Å². The van der Waals surface area contributed by atoms with Gasteiger partial charge in [0.15, 0.2) is 0 Å². The number of benzene rings is 1. The lowest BCUT2D eigenvalue weighted by atomic mass is 10.1. The van der Waals surface area contributed by atoms with E-state index in [0.717, 1.165) is 21.9 Å². The van der Waals surface area contributed by atoms with Gasteiger partial charge in [0, 0.05) is 26.7 Å². The second-order valence-electron chi connectivity index (χ2n) is 5.10. The van der Waals surface area contributed by atoms with Crippen LogP contribution in [-0.2, 0) is 20.7 Å². The number of nitrogens with two attached hydrogens (primary N) is 1. The van der Waals surface area contributed by atoms with Gasteiger partial charge >= 0.3 is 7.60 Å². The van der Waals surface area contributed by atoms with Crippen LogP contribution < -0.4 is 11.0 Å². The molecule has 2 N–H and O–H groups in total. The van der Waals surface area contributed by atoms with Crippen molar-refractivity contribution in [2.24, 2.45) is 7.05 Å². The molecule has 0 aliphatic rings. The Hall–Kier alpha value is -1.88. The molecule has 0 radical (unpaired) electrons. The molecule has 22 heavy (non-hydrogen) atoms. The number of aryl methyl sites for hydroxylation is 2. The fourth-order valence-electron chi connectivity index (χ4n) is 2.90. The van der Waals surface area contributed by atoms with Gasteiger partial charge in [0.05, 0.1) is 22.3 Å². The summed E-state index contributed by atoms with van der Waals surface area (Å²) in [5.41, 5.74) is 9.05. The van der Waals surface area contributed by atoms with Crippen molar-refractivity contribution in [1.29, 1.82) is 0 Å². The Kier molecular flexibility index (Phi) is 3.48. The predicted molar refractivity (Wildman–Crippen MR) is 88.6 cm³/mol. The molecule has 0 saturated heterocycles. The van der Waals surface area contributed by atoms with Crippen LogP contribution in [-0.4, -0.2) is 23.8 Å². The number of nitrogens with zero attached hydrogens (tertiary/aromatic N) is 2. The Bertz CT molecular complexity index is 925. The summed E-state index contributed by atoms with van der Waals surface area (Å²) in [5.74, 6) is 0. The van der Waals surface area contributed by atoms with Gasteiger partial charge in [-0.05, 0) is 13.0 Å². The van der Waals surface area contributed by atoms with Gasteiger partial charge in [0.2, 0.25) is 0 Å². The third kappa shape index (κ3) is 1.88. The summed E-state index contributed by atoms with van der Waals surface area (Å²) in [5, 5.41) is 2.07. The van der Waals surface area contributed by atoms with Crippen molar-refractivity contribution in [2.45, 2.75) is 6.92 Å². The van der Waals surface area contributed by atoms with Crippen LogP contribution in [0.4, 0.5) is 5.69 Å². The van der Waals surface area contributed by atoms with Crippen molar-refractivity contribution < 1.29 is 13.6 Å². The fraction of sp³-hybridized carbons (Fsp3) is 0.267. The highest BCUT2D eigenvalue weighted by Gasteiger charge is 2.32. The first-order chi connectivity index (χ1) is 10.4. The summed E-state index contributed by atoms with van der Waals surface area (Å²) in [6.07, 6.45) is 0. The molecule has 0 saturated carbocycles. The molecule has 0 fully saturated rings. The second kappa shape index (κ2) is 5.09. The van der Waals surface area contributed by atoms with Crippen molar-refractivity contribution in [2.75, 3.05) is 20.0 Å². The van der Waals surface area contributed by atoms with Gasteiger partial charge in [-0.25, -0.2) is 4.98 Å². The van der Waals surface area contributed by atoms with Crippen molar-refractivity contribution in [3.05, 3.63) is 30.0 Å². The molecule has 3 rings (SSSR count). The minimum Gasteiger partial charge on any atom is -0.397 e. The summed E-state index contributed by atoms with van der Waals surface area (Å²) in [6, 6.07) is 7.87. The normalized spacial score (nSPS) is 12.4. The summed E-state index contributed by atoms with van der Waals surface area (Å²) >= 11 is 0. The van der Waals surface area contributed by atoms with E-state index in [1.54, 1.807) is 6.92 Å². The highest BCUT2D eigenvalue weighted by Crippen LogP contribution is 2.49. The molecule has 2 heterocycles. The number of rotatable bonds is 3. The van der Waals surface area contributed by atoms with Gasteiger partial charge < -0.3 is 19.3 Å². The molecule has 7 heteroatoms. The summed E-state index contributed by atoms with van der Waals surface area (Å²) in [6.45, 7) is 1.76. The smallest absolute Gasteiger partial charge is 0.364 e. The van der Waals surface area contributed by atoms with Gasteiger partial charge in [0.1, 0.15) is 11.0 Å². The molecular formula is C15H18N3O3P. The highest BCUT2D eigenvalue weighted by molar-refractivity contribution is 7.62. The molecule has 116 valence electrons. The molecule has 6 nitrogen and oxygen atoms in total. The number of hydrogen-bond acceptors (Lipinski definition) is 5. The number of fused-ring (bicyclic) bond motifs is 3. The Morgan fingerprint density at radius 1 is 1.23 bits per heavy atom. The quantitative estimate of drug-likeness (QED) is 0.751. The van der Waals surface area contributed by atoms with Gasteiger partial charge in [-0.2, -0.15) is 0 Å². The van der Waals surface area contributed by atoms with Crippen LogP contribution >= 0.6 is 7.60 Å². The maximum Gasteiger partial charge on any atom is 0.364 e. The van der Waals surface area contributed by atoms with Crippen molar-refractivity contribution in [3.8, 4) is 0 Å². The lowest BCUT2D eigenvalue weighted by Crippen LogP contribution is -2.18. The zero-order valence-corrected chi connectivity index (χ0v) is 13.8. The van der Waals surface area contributed by atoms with Gasteiger partial charge in [-0.1, -0.05) is 18.2 Å². The molecule has 0 unspecified atom stereocenters. The summed E-state index contributed by atoms with van der Waals surface area (Å²) in [7, 11) is 1.14. The van der Waals surface area contributed by atoms with E-state index < -0.39 is 7.60 Å². The fourth-order valence-corrected chi connectivity index (χ4v) is 4.27. The number of para-hydroxylation sites is 1. The largest absolute Gasteiger partial charge is 0.397 e. The Balaban J connectivity index is 2.53. The van der Waals surface area contributed by atoms with Gasteiger partial charge in [0.25, 0.3) is 0 Å². The average Bonchev–Trinajstić information content (AvgIpc) is 2.80. The van der Waals surface area contributed by atoms with E-state index in [-0.39, 0.29) is 0 Å². The maximum atomic E-state index is 12.8. The highest BCUT2D eigenvalue weighted by atomic mass is 31.2. The number of pyridine rings is 1. The van der Waals surface area contributed by atoms with E-state index >= 15 is 0 Å². The third-order valence-electron chi connectivity index (χ3n) is 3.97. The summed E-state index contributed by atoms with van der Waals surface area (Å²) in [4.78, 5) is 4.59. The topological polar surface area (TPSA) is 79.4 Å². The Morgan fingerprint density at radius 2 is 1.86 bits per heavy atom. The number of aromatic nitrogens is 2. The number of anilines is 1. The molecule has 1 aromatic carbocycles. The molecule has 2 aromatic heterocycles. The lowest BCUT2D eigenvalue weighted by molar-refractivity contribution is 0.287. The van der Waals surface area contributed by atoms with Crippen LogP contribution in [0, 0.1) is 6.92 Å². The van der Waals surface area contributed by atoms with Crippen molar-refractivity contribution in [3.63, 3.8) is 0 Å². The number of nitrogen functional groups attached to an aromatic ring is 1. The van der Waals surface area contributed by atoms with Crippen LogP contribution in [0.5, 0.6) is 0 Å². The molecule has 0 bridgehead atoms. The SMILES string of the molecule is COP(=O)(OC)c1c(C)nc2c(c1N)c1ccccc1n2C. The molecule has 3 aromatic rings. The third-order valence-corrected chi connectivity index (χ3v) is 6.05. The van der Waals surface area contributed by atoms with E-state index in [1.807, 2.05) is 35.9 Å². The van der Waals surface area contributed by atoms with Crippen LogP contribution in [0.3, 0.4) is 0 Å². The minimum absolute atomic E-state index is 0.335. The van der Waals surface area contributed by atoms with Crippen LogP contribution in [0.15, 0.2) is 24.3 Å². The zero-order chi connectivity index (χ0) is 16.1. The van der Waals surface area contributed by atoms with Crippen molar-refractivity contribution >= 4 is 40.5 Å². The first-order valence-corrected chi connectivity index (χ1v) is 8.34. The predicted octanol–water partition coefficient (Wildman–Crippen LogP) is 2.73. The molecule has 0 amide bonds. The standard InChI is InChI=1S/C15H18N3O3P/c1-9-14(22(19,20-3)21-4)13(16)12-10-7-5-6-8-11(10)18(2)15(12)17-9/h5-8H,1-4H3,(H2,16,17). The van der Waals surface area contributed by atoms with E-state index in [1.165, 1.54) is 14.2 Å².